The molecule has 330 valence electrons. The number of hydrogen-bond donors (Lipinski definition) is 4. The lowest BCUT2D eigenvalue weighted by Gasteiger charge is -2.43. The van der Waals surface area contributed by atoms with Gasteiger partial charge in [-0.1, -0.05) is 119 Å². The number of rotatable bonds is 18. The van der Waals surface area contributed by atoms with Crippen molar-refractivity contribution >= 4 is 17.9 Å². The maximum absolute atomic E-state index is 13.6. The van der Waals surface area contributed by atoms with Gasteiger partial charge in [0.1, 0.15) is 6.61 Å². The largest absolute Gasteiger partial charge is 0.447 e. The van der Waals surface area contributed by atoms with Crippen molar-refractivity contribution in [2.45, 2.75) is 176 Å². The zero-order chi connectivity index (χ0) is 43.7. The zero-order valence-corrected chi connectivity index (χ0v) is 38.2. The van der Waals surface area contributed by atoms with Crippen molar-refractivity contribution in [3.05, 3.63) is 49.4 Å². The number of nitrogens with zero attached hydrogens (tertiary/aromatic N) is 1. The molecule has 1 heterocycles. The monoisotopic (exact) mass is 808 g/mol. The van der Waals surface area contributed by atoms with Gasteiger partial charge in [-0.05, 0) is 87.0 Å². The Balaban J connectivity index is 0.000000742. The van der Waals surface area contributed by atoms with Gasteiger partial charge in [-0.3, -0.25) is 4.79 Å². The van der Waals surface area contributed by atoms with Crippen LogP contribution in [0.3, 0.4) is 0 Å². The van der Waals surface area contributed by atoms with Gasteiger partial charge in [-0.2, -0.15) is 0 Å². The van der Waals surface area contributed by atoms with Crippen LogP contribution in [0.5, 0.6) is 0 Å². The highest BCUT2D eigenvalue weighted by Crippen LogP contribution is 2.51. The summed E-state index contributed by atoms with van der Waals surface area (Å²) in [7, 11) is 0. The summed E-state index contributed by atoms with van der Waals surface area (Å²) in [5.74, 6) is 4.62. The Hall–Kier alpha value is -3.67. The molecule has 6 atom stereocenters. The minimum absolute atomic E-state index is 0.0256. The fraction of sp³-hybridized carbons (Fsp3) is 0.735. The topological polar surface area (TPSA) is 112 Å². The van der Waals surface area contributed by atoms with Gasteiger partial charge in [0.05, 0.1) is 12.1 Å². The smallest absolute Gasteiger partial charge is 0.407 e. The molecule has 1 saturated heterocycles. The van der Waals surface area contributed by atoms with E-state index in [1.165, 1.54) is 25.7 Å². The van der Waals surface area contributed by atoms with E-state index in [4.69, 9.17) is 11.2 Å². The number of Topliss-reactive ketones (excluding diaryl/α,β-unsaturated/α-hetero) is 1. The summed E-state index contributed by atoms with van der Waals surface area (Å²) in [6.07, 6.45) is 23.8. The molecule has 58 heavy (non-hydrogen) atoms. The number of nitrogens with one attached hydrogen (secondary N) is 4. The molecule has 0 spiro atoms. The van der Waals surface area contributed by atoms with Crippen molar-refractivity contribution in [3.63, 3.8) is 0 Å². The summed E-state index contributed by atoms with van der Waals surface area (Å²) in [5, 5.41) is 12.4. The second-order valence-electron chi connectivity index (χ2n) is 17.0. The number of fused-ring (bicyclic) bond motifs is 1. The number of likely N-dealkylation sites (tertiary alicyclic amines) is 1. The molecule has 0 aromatic heterocycles. The van der Waals surface area contributed by atoms with Crippen molar-refractivity contribution < 1.29 is 19.1 Å². The highest BCUT2D eigenvalue weighted by Gasteiger charge is 2.54. The van der Waals surface area contributed by atoms with E-state index < -0.39 is 6.09 Å². The van der Waals surface area contributed by atoms with Crippen LogP contribution in [-0.2, 0) is 9.53 Å². The van der Waals surface area contributed by atoms with Gasteiger partial charge in [0, 0.05) is 49.9 Å². The first-order chi connectivity index (χ1) is 27.8. The summed E-state index contributed by atoms with van der Waals surface area (Å²) in [6.45, 7) is 34.5. The second-order valence-corrected chi connectivity index (χ2v) is 17.0. The number of terminal acetylenes is 1. The van der Waals surface area contributed by atoms with Crippen molar-refractivity contribution in [3.8, 4) is 12.3 Å². The molecule has 4 N–H and O–H groups in total. The van der Waals surface area contributed by atoms with Crippen molar-refractivity contribution in [2.75, 3.05) is 26.2 Å². The van der Waals surface area contributed by atoms with E-state index in [1.807, 2.05) is 20.8 Å². The van der Waals surface area contributed by atoms with E-state index in [-0.39, 0.29) is 42.0 Å². The number of ether oxygens (including phenoxy) is 1. The normalized spacial score (nSPS) is 21.8. The Morgan fingerprint density at radius 1 is 0.966 bits per heavy atom. The molecule has 9 nitrogen and oxygen atoms in total. The van der Waals surface area contributed by atoms with Crippen LogP contribution >= 0.6 is 0 Å². The van der Waals surface area contributed by atoms with Crippen molar-refractivity contribution in [1.29, 1.82) is 0 Å². The molecule has 4 unspecified atom stereocenters. The first-order valence-electron chi connectivity index (χ1n) is 22.8. The number of allylic oxidation sites excluding steroid dienone is 1. The predicted octanol–water partition coefficient (Wildman–Crippen LogP) is 10.8. The van der Waals surface area contributed by atoms with Crippen LogP contribution in [0.25, 0.3) is 0 Å². The SMILES string of the molecule is C#CCCC(C)C(=C)C(=C)NCC=C.C=C(CC(NC(=O)NC(COC(=O)NCC)C1CCCCCC1)C1(C)CCCCC1)N1C[C@@H]2C[C@@H]2C1C(C)=O.CC.CCC. The molecule has 4 fully saturated rings. The van der Waals surface area contributed by atoms with Crippen LogP contribution < -0.4 is 21.3 Å². The van der Waals surface area contributed by atoms with Crippen LogP contribution in [0, 0.1) is 41.4 Å². The summed E-state index contributed by atoms with van der Waals surface area (Å²) in [5.41, 5.74) is 2.86. The van der Waals surface area contributed by atoms with Crippen molar-refractivity contribution in [2.24, 2.45) is 29.1 Å². The lowest BCUT2D eigenvalue weighted by molar-refractivity contribution is -0.121. The minimum Gasteiger partial charge on any atom is -0.447 e. The third-order valence-electron chi connectivity index (χ3n) is 12.2. The molecule has 0 aromatic carbocycles. The molecule has 3 saturated carbocycles. The van der Waals surface area contributed by atoms with Crippen LogP contribution in [-0.4, -0.2) is 67.2 Å². The Morgan fingerprint density at radius 2 is 1.57 bits per heavy atom. The number of hydrogen-bond acceptors (Lipinski definition) is 6. The average molecular weight is 808 g/mol. The Bertz CT molecular complexity index is 1320. The van der Waals surface area contributed by atoms with E-state index in [2.05, 4.69) is 86.1 Å². The Labute approximate surface area is 355 Å². The van der Waals surface area contributed by atoms with E-state index in [0.717, 1.165) is 101 Å². The van der Waals surface area contributed by atoms with Gasteiger partial charge >= 0.3 is 12.1 Å². The Morgan fingerprint density at radius 3 is 2.12 bits per heavy atom. The van der Waals surface area contributed by atoms with E-state index in [0.29, 0.717) is 36.6 Å². The van der Waals surface area contributed by atoms with Crippen LogP contribution in [0.4, 0.5) is 9.59 Å². The summed E-state index contributed by atoms with van der Waals surface area (Å²) in [4.78, 5) is 40.4. The van der Waals surface area contributed by atoms with Crippen LogP contribution in [0.2, 0.25) is 0 Å². The van der Waals surface area contributed by atoms with E-state index >= 15 is 0 Å². The summed E-state index contributed by atoms with van der Waals surface area (Å²) >= 11 is 0. The van der Waals surface area contributed by atoms with Gasteiger partial charge in [-0.15, -0.1) is 18.9 Å². The first kappa shape index (κ1) is 52.3. The molecule has 4 rings (SSSR count). The van der Waals surface area contributed by atoms with Gasteiger partial charge < -0.3 is 30.9 Å². The van der Waals surface area contributed by atoms with Gasteiger partial charge in [-0.25, -0.2) is 9.59 Å². The molecule has 0 bridgehead atoms. The predicted molar refractivity (Wildman–Crippen MR) is 244 cm³/mol. The third kappa shape index (κ3) is 18.1. The fourth-order valence-electron chi connectivity index (χ4n) is 8.66. The summed E-state index contributed by atoms with van der Waals surface area (Å²) < 4.78 is 5.52. The molecule has 0 aromatic rings. The fourth-order valence-corrected chi connectivity index (χ4v) is 8.66. The molecular weight excluding hydrogens is 723 g/mol. The molecule has 3 amide bonds. The van der Waals surface area contributed by atoms with E-state index in [9.17, 15) is 14.4 Å². The number of carbonyl (C=O) groups excluding carboxylic acids is 3. The number of ketones is 1. The molecule has 1 aliphatic heterocycles. The Kier molecular flexibility index (Phi) is 25.9. The number of piperidine rings is 1. The number of amides is 3. The number of alkyl carbamates (subject to hydrolysis) is 1. The quantitative estimate of drug-likeness (QED) is 0.0475. The van der Waals surface area contributed by atoms with Gasteiger partial charge in [0.15, 0.2) is 5.78 Å². The molecular formula is C49H85N5O4. The highest BCUT2D eigenvalue weighted by molar-refractivity contribution is 5.83. The average Bonchev–Trinajstić information content (AvgIpc) is 3.94. The van der Waals surface area contributed by atoms with Crippen LogP contribution in [0.15, 0.2) is 49.4 Å². The molecule has 3 aliphatic carbocycles. The van der Waals surface area contributed by atoms with Gasteiger partial charge in [0.2, 0.25) is 0 Å². The minimum atomic E-state index is -0.439. The lowest BCUT2D eigenvalue weighted by atomic mass is 9.69. The second kappa shape index (κ2) is 28.7. The molecule has 0 radical (unpaired) electrons. The van der Waals surface area contributed by atoms with E-state index in [1.54, 1.807) is 13.0 Å². The highest BCUT2D eigenvalue weighted by atomic mass is 16.5. The molecule has 9 heteroatoms. The number of carbonyl (C=O) groups is 3. The lowest BCUT2D eigenvalue weighted by Crippen LogP contribution is -2.55. The van der Waals surface area contributed by atoms with Crippen LogP contribution in [0.1, 0.15) is 158 Å². The maximum Gasteiger partial charge on any atom is 0.407 e. The first-order valence-corrected chi connectivity index (χ1v) is 22.8. The van der Waals surface area contributed by atoms with Gasteiger partial charge in [0.25, 0.3) is 0 Å². The standard InChI is InChI=1S/C31H52N4O4.C13H19N.C3H8.C2H6/c1-5-32-30(38)39-20-26(23-13-9-6-7-10-14-23)33-29(37)34-27(31(4)15-11-8-12-16-31)17-21(2)35-19-24-18-25(24)28(35)22(3)36;1-6-8-9-11(3)12(4)13(5)14-10-7-2;1-3-2;1-2/h23-28H,2,5-20H2,1,3-4H3,(H,32,38)(H2,33,34,37);1,7,11,14H,2,4-5,8-10H2,3H3;3H2,1-2H3;1-2H3/t24-,25-,26?,27?,28?;;;/m0.../s1. The zero-order valence-electron chi connectivity index (χ0n) is 38.2. The third-order valence-corrected chi connectivity index (χ3v) is 12.2. The number of urea groups is 1. The summed E-state index contributed by atoms with van der Waals surface area (Å²) in [6, 6.07) is -0.543. The van der Waals surface area contributed by atoms with Crippen molar-refractivity contribution in [1.82, 2.24) is 26.2 Å². The molecule has 4 aliphatic rings. The maximum atomic E-state index is 13.6.